The summed E-state index contributed by atoms with van der Waals surface area (Å²) in [6.45, 7) is 6.18. The highest BCUT2D eigenvalue weighted by atomic mass is 16.6. The zero-order valence-electron chi connectivity index (χ0n) is 43.8. The van der Waals surface area contributed by atoms with Gasteiger partial charge in [0.1, 0.15) is 13.2 Å². The molecule has 1 atom stereocenters. The molecule has 0 rings (SSSR count). The Balaban J connectivity index is 4.60. The molecule has 384 valence electrons. The van der Waals surface area contributed by atoms with Gasteiger partial charge in [-0.3, -0.25) is 14.4 Å². The van der Waals surface area contributed by atoms with E-state index in [0.717, 1.165) is 154 Å². The minimum Gasteiger partial charge on any atom is -0.462 e. The number of hydrogen-bond donors (Lipinski definition) is 0. The molecule has 0 amide bonds. The summed E-state index contributed by atoms with van der Waals surface area (Å²) in [6.07, 6.45) is 80.9. The third kappa shape index (κ3) is 53.8. The van der Waals surface area contributed by atoms with Crippen LogP contribution in [0.25, 0.3) is 0 Å². The van der Waals surface area contributed by atoms with Crippen LogP contribution in [0.2, 0.25) is 0 Å². The predicted molar refractivity (Wildman–Crippen MR) is 297 cm³/mol. The normalized spacial score (nSPS) is 13.4. The van der Waals surface area contributed by atoms with Crippen molar-refractivity contribution in [2.75, 3.05) is 13.2 Å². The van der Waals surface area contributed by atoms with Gasteiger partial charge in [-0.05, 0) is 135 Å². The molecule has 0 aromatic heterocycles. The monoisotopic (exact) mass is 949 g/mol. The SMILES string of the molecule is CC/C=C\C/C=C\C/C=C\C/C=C\C/C=C\CCCCCC(=O)OC[C@@H](COC(=O)CCCCCCC/C=C\C/C=C\C/C=C\CC)OC(=O)CCC/C=C\C/C=C\C/C=C\C/C=C\C/C=C\CC. The number of esters is 3. The molecule has 0 N–H and O–H groups in total. The lowest BCUT2D eigenvalue weighted by atomic mass is 10.1. The van der Waals surface area contributed by atoms with Gasteiger partial charge in [0.15, 0.2) is 6.10 Å². The van der Waals surface area contributed by atoms with Gasteiger partial charge < -0.3 is 14.2 Å². The number of carbonyl (C=O) groups is 3. The second-order valence-corrected chi connectivity index (χ2v) is 17.0. The number of rotatable bonds is 46. The van der Waals surface area contributed by atoms with E-state index in [0.29, 0.717) is 19.3 Å². The number of carbonyl (C=O) groups excluding carboxylic acids is 3. The van der Waals surface area contributed by atoms with Crippen LogP contribution in [0.15, 0.2) is 158 Å². The van der Waals surface area contributed by atoms with Gasteiger partial charge in [-0.2, -0.15) is 0 Å². The minimum atomic E-state index is -0.837. The first-order valence-electron chi connectivity index (χ1n) is 27.0. The highest BCUT2D eigenvalue weighted by Gasteiger charge is 2.19. The van der Waals surface area contributed by atoms with Crippen molar-refractivity contribution < 1.29 is 28.6 Å². The van der Waals surface area contributed by atoms with E-state index in [2.05, 4.69) is 179 Å². The molecule has 0 bridgehead atoms. The first kappa shape index (κ1) is 64.0. The van der Waals surface area contributed by atoms with Crippen molar-refractivity contribution in [3.05, 3.63) is 158 Å². The van der Waals surface area contributed by atoms with Gasteiger partial charge in [0.2, 0.25) is 0 Å². The maximum Gasteiger partial charge on any atom is 0.306 e. The van der Waals surface area contributed by atoms with Gasteiger partial charge in [0.05, 0.1) is 0 Å². The lowest BCUT2D eigenvalue weighted by molar-refractivity contribution is -0.167. The standard InChI is InChI=1S/C63H96O6/c1-4-7-10-13-16-19-22-25-28-30-31-33-35-38-41-44-47-50-53-56-62(65)68-59-60(58-67-61(64)55-52-49-46-43-40-37-34-27-24-21-18-15-12-9-6-3)69-63(66)57-54-51-48-45-42-39-36-32-29-26-23-20-17-14-11-8-5-2/h7-12,16-21,25-29,31,33-34,36,38-39,41,45,48,60H,4-6,13-15,22-24,30,32,35,37,40,42-44,46-47,49-59H2,1-3H3/b10-7-,11-8-,12-9-,19-16-,20-17-,21-18-,28-25-,29-26-,33-31-,34-27-,39-36-,41-38-,48-45-/t60-/m1/s1. The zero-order chi connectivity index (χ0) is 50.0. The van der Waals surface area contributed by atoms with Crippen molar-refractivity contribution in [1.82, 2.24) is 0 Å². The number of allylic oxidation sites excluding steroid dienone is 26. The van der Waals surface area contributed by atoms with Crippen LogP contribution < -0.4 is 0 Å². The van der Waals surface area contributed by atoms with Crippen molar-refractivity contribution in [1.29, 1.82) is 0 Å². The molecule has 0 heterocycles. The third-order valence-corrected chi connectivity index (χ3v) is 10.5. The molecule has 0 spiro atoms. The summed E-state index contributed by atoms with van der Waals surface area (Å²) in [4.78, 5) is 38.1. The van der Waals surface area contributed by atoms with Gasteiger partial charge >= 0.3 is 17.9 Å². The van der Waals surface area contributed by atoms with Crippen LogP contribution in [0.5, 0.6) is 0 Å². The number of unbranched alkanes of at least 4 members (excludes halogenated alkanes) is 9. The fraction of sp³-hybridized carbons (Fsp3) is 0.540. The molecule has 0 fully saturated rings. The van der Waals surface area contributed by atoms with Gasteiger partial charge in [-0.15, -0.1) is 0 Å². The van der Waals surface area contributed by atoms with Crippen LogP contribution in [-0.2, 0) is 28.6 Å². The Morgan fingerprint density at radius 1 is 0.290 bits per heavy atom. The van der Waals surface area contributed by atoms with E-state index >= 15 is 0 Å². The average Bonchev–Trinajstić information content (AvgIpc) is 3.35. The van der Waals surface area contributed by atoms with E-state index in [1.165, 1.54) is 0 Å². The lowest BCUT2D eigenvalue weighted by Crippen LogP contribution is -2.30. The van der Waals surface area contributed by atoms with Crippen LogP contribution in [0, 0.1) is 0 Å². The van der Waals surface area contributed by atoms with Gasteiger partial charge in [0, 0.05) is 19.3 Å². The highest BCUT2D eigenvalue weighted by Crippen LogP contribution is 2.11. The Morgan fingerprint density at radius 3 is 0.870 bits per heavy atom. The van der Waals surface area contributed by atoms with Gasteiger partial charge in [-0.1, -0.05) is 204 Å². The van der Waals surface area contributed by atoms with E-state index in [1.54, 1.807) is 0 Å². The Labute approximate surface area is 422 Å². The summed E-state index contributed by atoms with van der Waals surface area (Å²) < 4.78 is 16.7. The largest absolute Gasteiger partial charge is 0.462 e. The van der Waals surface area contributed by atoms with Crippen LogP contribution in [0.3, 0.4) is 0 Å². The summed E-state index contributed by atoms with van der Waals surface area (Å²) in [6, 6.07) is 0. The van der Waals surface area contributed by atoms with Gasteiger partial charge in [0.25, 0.3) is 0 Å². The van der Waals surface area contributed by atoms with E-state index in [4.69, 9.17) is 14.2 Å². The Kier molecular flexibility index (Phi) is 51.6. The molecular weight excluding hydrogens is 853 g/mol. The quantitative estimate of drug-likeness (QED) is 0.0262. The second kappa shape index (κ2) is 55.6. The molecule has 0 radical (unpaired) electrons. The number of ether oxygens (including phenoxy) is 3. The molecule has 0 aliphatic carbocycles. The molecule has 0 aromatic carbocycles. The molecule has 0 aliphatic rings. The average molecular weight is 949 g/mol. The Morgan fingerprint density at radius 2 is 0.536 bits per heavy atom. The highest BCUT2D eigenvalue weighted by molar-refractivity contribution is 5.71. The van der Waals surface area contributed by atoms with Crippen molar-refractivity contribution >= 4 is 17.9 Å². The smallest absolute Gasteiger partial charge is 0.306 e. The van der Waals surface area contributed by atoms with E-state index in [-0.39, 0.29) is 37.5 Å². The topological polar surface area (TPSA) is 78.9 Å². The molecule has 0 saturated carbocycles. The van der Waals surface area contributed by atoms with Crippen molar-refractivity contribution in [3.63, 3.8) is 0 Å². The van der Waals surface area contributed by atoms with E-state index in [1.807, 2.05) is 0 Å². The third-order valence-electron chi connectivity index (χ3n) is 10.5. The van der Waals surface area contributed by atoms with Crippen molar-refractivity contribution in [2.24, 2.45) is 0 Å². The molecule has 0 saturated heterocycles. The fourth-order valence-electron chi connectivity index (χ4n) is 6.58. The summed E-state index contributed by atoms with van der Waals surface area (Å²) in [5.41, 5.74) is 0. The second-order valence-electron chi connectivity index (χ2n) is 17.0. The lowest BCUT2D eigenvalue weighted by Gasteiger charge is -2.18. The first-order chi connectivity index (χ1) is 34.0. The summed E-state index contributed by atoms with van der Waals surface area (Å²) in [7, 11) is 0. The molecular formula is C63H96O6. The predicted octanol–water partition coefficient (Wildman–Crippen LogP) is 18.2. The molecule has 0 unspecified atom stereocenters. The maximum absolute atomic E-state index is 12.8. The molecule has 0 aromatic rings. The van der Waals surface area contributed by atoms with E-state index in [9.17, 15) is 14.4 Å². The van der Waals surface area contributed by atoms with Crippen LogP contribution in [-0.4, -0.2) is 37.2 Å². The van der Waals surface area contributed by atoms with Gasteiger partial charge in [-0.25, -0.2) is 0 Å². The number of hydrogen-bond acceptors (Lipinski definition) is 6. The summed E-state index contributed by atoms with van der Waals surface area (Å²) in [5.74, 6) is -1.05. The first-order valence-corrected chi connectivity index (χ1v) is 27.0. The van der Waals surface area contributed by atoms with Crippen molar-refractivity contribution in [2.45, 2.75) is 207 Å². The van der Waals surface area contributed by atoms with Crippen molar-refractivity contribution in [3.8, 4) is 0 Å². The van der Waals surface area contributed by atoms with Crippen LogP contribution in [0.1, 0.15) is 201 Å². The Bertz CT molecular complexity index is 1610. The molecule has 69 heavy (non-hydrogen) atoms. The maximum atomic E-state index is 12.8. The molecule has 6 heteroatoms. The zero-order valence-corrected chi connectivity index (χ0v) is 43.8. The molecule has 0 aliphatic heterocycles. The molecule has 6 nitrogen and oxygen atoms in total. The van der Waals surface area contributed by atoms with E-state index < -0.39 is 6.10 Å². The summed E-state index contributed by atoms with van der Waals surface area (Å²) >= 11 is 0. The van der Waals surface area contributed by atoms with Crippen LogP contribution in [0.4, 0.5) is 0 Å². The Hall–Kier alpha value is -4.97. The fourth-order valence-corrected chi connectivity index (χ4v) is 6.58. The minimum absolute atomic E-state index is 0.128. The summed E-state index contributed by atoms with van der Waals surface area (Å²) in [5, 5.41) is 0. The van der Waals surface area contributed by atoms with Crippen LogP contribution >= 0.6 is 0 Å².